The Labute approximate surface area is 195 Å². The largest absolute Gasteiger partial charge is 0.481 e. The number of aryl methyl sites for hydroxylation is 2. The standard InChI is InChI=1S/C27H25F3O4/c1-2-34-25(33)26(16-23(26)24(31)32)15-18-9-7-17(8-10-18)11-12-20-14-21(27(28,29)30)13-19-5-3-4-6-22(19)20/h3-10,13-14,23H,2,11-12,15-16H2,1H3,(H,31,32)/t23-,26+/m1/s1. The molecule has 1 saturated carbocycles. The van der Waals surface area contributed by atoms with Crippen LogP contribution in [0.15, 0.2) is 60.7 Å². The van der Waals surface area contributed by atoms with E-state index in [1.807, 2.05) is 36.4 Å². The predicted molar refractivity (Wildman–Crippen MR) is 121 cm³/mol. The Morgan fingerprint density at radius 3 is 2.32 bits per heavy atom. The first-order valence-corrected chi connectivity index (χ1v) is 11.2. The van der Waals surface area contributed by atoms with Gasteiger partial charge in [-0.15, -0.1) is 0 Å². The summed E-state index contributed by atoms with van der Waals surface area (Å²) in [6, 6.07) is 16.9. The van der Waals surface area contributed by atoms with Crippen molar-refractivity contribution in [2.24, 2.45) is 11.3 Å². The van der Waals surface area contributed by atoms with Crippen LogP contribution in [0.5, 0.6) is 0 Å². The number of fused-ring (bicyclic) bond motifs is 1. The first-order chi connectivity index (χ1) is 16.1. The summed E-state index contributed by atoms with van der Waals surface area (Å²) in [5.74, 6) is -2.23. The summed E-state index contributed by atoms with van der Waals surface area (Å²) in [5.41, 5.74) is 0.725. The number of ether oxygens (including phenoxy) is 1. The molecule has 7 heteroatoms. The summed E-state index contributed by atoms with van der Waals surface area (Å²) in [6.07, 6.45) is -2.89. The number of halogens is 3. The summed E-state index contributed by atoms with van der Waals surface area (Å²) < 4.78 is 45.2. The van der Waals surface area contributed by atoms with Crippen LogP contribution in [0.2, 0.25) is 0 Å². The van der Waals surface area contributed by atoms with Gasteiger partial charge in [-0.25, -0.2) is 0 Å². The van der Waals surface area contributed by atoms with Crippen molar-refractivity contribution < 1.29 is 32.6 Å². The quantitative estimate of drug-likeness (QED) is 0.420. The van der Waals surface area contributed by atoms with Gasteiger partial charge in [0.15, 0.2) is 0 Å². The summed E-state index contributed by atoms with van der Waals surface area (Å²) in [4.78, 5) is 23.9. The lowest BCUT2D eigenvalue weighted by molar-refractivity contribution is -0.153. The second kappa shape index (κ2) is 9.12. The van der Waals surface area contributed by atoms with Gasteiger partial charge >= 0.3 is 18.1 Å². The van der Waals surface area contributed by atoms with E-state index in [0.29, 0.717) is 23.8 Å². The number of hydrogen-bond acceptors (Lipinski definition) is 3. The van der Waals surface area contributed by atoms with E-state index < -0.39 is 35.0 Å². The van der Waals surface area contributed by atoms with E-state index in [1.54, 1.807) is 19.1 Å². The first-order valence-electron chi connectivity index (χ1n) is 11.2. The Morgan fingerprint density at radius 2 is 1.71 bits per heavy atom. The summed E-state index contributed by atoms with van der Waals surface area (Å²) in [7, 11) is 0. The predicted octanol–water partition coefficient (Wildman–Crippen LogP) is 5.84. The Balaban J connectivity index is 1.49. The summed E-state index contributed by atoms with van der Waals surface area (Å²) in [6.45, 7) is 1.88. The van der Waals surface area contributed by atoms with Crippen LogP contribution in [0.1, 0.15) is 35.6 Å². The fourth-order valence-electron chi connectivity index (χ4n) is 4.62. The number of esters is 1. The van der Waals surface area contributed by atoms with Crippen molar-refractivity contribution in [3.8, 4) is 0 Å². The van der Waals surface area contributed by atoms with Gasteiger partial charge in [-0.3, -0.25) is 9.59 Å². The zero-order valence-electron chi connectivity index (χ0n) is 18.7. The van der Waals surface area contributed by atoms with E-state index in [0.717, 1.165) is 16.5 Å². The molecule has 1 aliphatic rings. The Morgan fingerprint density at radius 1 is 1.03 bits per heavy atom. The van der Waals surface area contributed by atoms with Crippen LogP contribution >= 0.6 is 0 Å². The van der Waals surface area contributed by atoms with Crippen LogP contribution in [-0.4, -0.2) is 23.7 Å². The van der Waals surface area contributed by atoms with Gasteiger partial charge in [0.1, 0.15) is 0 Å². The van der Waals surface area contributed by atoms with Gasteiger partial charge < -0.3 is 9.84 Å². The van der Waals surface area contributed by atoms with Crippen LogP contribution < -0.4 is 0 Å². The number of benzene rings is 3. The third kappa shape index (κ3) is 4.79. The van der Waals surface area contributed by atoms with Crippen molar-refractivity contribution in [1.29, 1.82) is 0 Å². The molecule has 2 atom stereocenters. The number of aliphatic carboxylic acids is 1. The number of alkyl halides is 3. The topological polar surface area (TPSA) is 63.6 Å². The molecule has 34 heavy (non-hydrogen) atoms. The third-order valence-electron chi connectivity index (χ3n) is 6.56. The Kier molecular flexibility index (Phi) is 6.39. The highest BCUT2D eigenvalue weighted by Gasteiger charge is 2.64. The maximum Gasteiger partial charge on any atom is 0.416 e. The van der Waals surface area contributed by atoms with Crippen LogP contribution in [0, 0.1) is 11.3 Å². The fourth-order valence-corrected chi connectivity index (χ4v) is 4.62. The smallest absolute Gasteiger partial charge is 0.416 e. The summed E-state index contributed by atoms with van der Waals surface area (Å²) in [5, 5.41) is 10.7. The lowest BCUT2D eigenvalue weighted by Gasteiger charge is -2.15. The molecule has 3 aromatic rings. The lowest BCUT2D eigenvalue weighted by Crippen LogP contribution is -2.26. The maximum atomic E-state index is 13.4. The average molecular weight is 470 g/mol. The number of hydrogen-bond donors (Lipinski definition) is 1. The molecule has 0 aliphatic heterocycles. The molecule has 0 aromatic heterocycles. The molecule has 0 radical (unpaired) electrons. The minimum Gasteiger partial charge on any atom is -0.481 e. The van der Waals surface area contributed by atoms with Crippen LogP contribution in [-0.2, 0) is 39.8 Å². The highest BCUT2D eigenvalue weighted by molar-refractivity contribution is 5.90. The monoisotopic (exact) mass is 470 g/mol. The lowest BCUT2D eigenvalue weighted by atomic mass is 9.92. The molecule has 1 aliphatic carbocycles. The van der Waals surface area contributed by atoms with E-state index >= 15 is 0 Å². The van der Waals surface area contributed by atoms with Gasteiger partial charge in [-0.05, 0) is 72.2 Å². The van der Waals surface area contributed by atoms with Gasteiger partial charge in [0, 0.05) is 0 Å². The normalized spacial score (nSPS) is 19.7. The van der Waals surface area contributed by atoms with Gasteiger partial charge in [0.05, 0.1) is 23.5 Å². The minimum atomic E-state index is -4.41. The highest BCUT2D eigenvalue weighted by atomic mass is 19.4. The van der Waals surface area contributed by atoms with E-state index in [1.165, 1.54) is 12.1 Å². The van der Waals surface area contributed by atoms with Crippen molar-refractivity contribution in [2.45, 2.75) is 38.8 Å². The number of carboxylic acid groups (broad SMARTS) is 1. The van der Waals surface area contributed by atoms with Crippen molar-refractivity contribution >= 4 is 22.7 Å². The molecule has 0 amide bonds. The van der Waals surface area contributed by atoms with Crippen LogP contribution in [0.4, 0.5) is 13.2 Å². The second-order valence-corrected chi connectivity index (χ2v) is 8.82. The minimum absolute atomic E-state index is 0.191. The third-order valence-corrected chi connectivity index (χ3v) is 6.56. The van der Waals surface area contributed by atoms with Gasteiger partial charge in [-0.2, -0.15) is 13.2 Å². The number of rotatable bonds is 8. The molecule has 0 unspecified atom stereocenters. The Hall–Kier alpha value is -3.35. The van der Waals surface area contributed by atoms with Crippen LogP contribution in [0.25, 0.3) is 10.8 Å². The molecule has 0 spiro atoms. The van der Waals surface area contributed by atoms with Gasteiger partial charge in [0.25, 0.3) is 0 Å². The SMILES string of the molecule is CCOC(=O)[C@@]1(Cc2ccc(CCc3cc(C(F)(F)F)cc4ccccc34)cc2)C[C@@H]1C(=O)O. The van der Waals surface area contributed by atoms with E-state index in [9.17, 15) is 27.9 Å². The molecule has 3 aromatic carbocycles. The second-order valence-electron chi connectivity index (χ2n) is 8.82. The molecular weight excluding hydrogens is 445 g/mol. The van der Waals surface area contributed by atoms with Crippen LogP contribution in [0.3, 0.4) is 0 Å². The van der Waals surface area contributed by atoms with E-state index in [2.05, 4.69) is 0 Å². The molecule has 4 nitrogen and oxygen atoms in total. The molecule has 1 fully saturated rings. The van der Waals surface area contributed by atoms with Crippen molar-refractivity contribution in [3.05, 3.63) is 82.9 Å². The molecule has 0 heterocycles. The molecule has 178 valence electrons. The molecule has 0 bridgehead atoms. The first kappa shape index (κ1) is 23.8. The number of carbonyl (C=O) groups is 2. The van der Waals surface area contributed by atoms with E-state index in [4.69, 9.17) is 4.74 Å². The molecule has 4 rings (SSSR count). The van der Waals surface area contributed by atoms with Crippen molar-refractivity contribution in [2.75, 3.05) is 6.61 Å². The van der Waals surface area contributed by atoms with E-state index in [-0.39, 0.29) is 19.4 Å². The molecular formula is C27H25F3O4. The van der Waals surface area contributed by atoms with Gasteiger partial charge in [0.2, 0.25) is 0 Å². The van der Waals surface area contributed by atoms with Crippen molar-refractivity contribution in [1.82, 2.24) is 0 Å². The average Bonchev–Trinajstić information content (AvgIpc) is 3.53. The summed E-state index contributed by atoms with van der Waals surface area (Å²) >= 11 is 0. The highest BCUT2D eigenvalue weighted by Crippen LogP contribution is 2.56. The van der Waals surface area contributed by atoms with Gasteiger partial charge in [-0.1, -0.05) is 48.5 Å². The Bertz CT molecular complexity index is 1220. The molecule has 0 saturated heterocycles. The number of carbonyl (C=O) groups excluding carboxylic acids is 1. The zero-order chi connectivity index (χ0) is 24.5. The zero-order valence-corrected chi connectivity index (χ0v) is 18.7. The fraction of sp³-hybridized carbons (Fsp3) is 0.333. The number of carboxylic acids is 1. The molecule has 1 N–H and O–H groups in total. The maximum absolute atomic E-state index is 13.4. The van der Waals surface area contributed by atoms with Crippen molar-refractivity contribution in [3.63, 3.8) is 0 Å².